The lowest BCUT2D eigenvalue weighted by atomic mass is 10.2. The van der Waals surface area contributed by atoms with Gasteiger partial charge in [-0.3, -0.25) is 18.7 Å². The minimum Gasteiger partial charge on any atom is -0.489 e. The Hall–Kier alpha value is -3.68. The molecule has 3 rings (SSSR count). The molecule has 1 aromatic heterocycles. The van der Waals surface area contributed by atoms with Crippen LogP contribution in [-0.2, 0) is 25.0 Å². The van der Waals surface area contributed by atoms with Crippen LogP contribution in [0.25, 0.3) is 0 Å². The van der Waals surface area contributed by atoms with E-state index in [1.54, 1.807) is 30.3 Å². The molecular formula is C20H18FN3O4. The number of halogens is 1. The van der Waals surface area contributed by atoms with Crippen molar-refractivity contribution in [2.75, 3.05) is 5.32 Å². The molecule has 28 heavy (non-hydrogen) atoms. The smallest absolute Gasteiger partial charge is 0.331 e. The van der Waals surface area contributed by atoms with Crippen molar-refractivity contribution < 1.29 is 13.9 Å². The number of anilines is 1. The summed E-state index contributed by atoms with van der Waals surface area (Å²) in [4.78, 5) is 35.6. The first-order valence-electron chi connectivity index (χ1n) is 8.46. The molecule has 0 aliphatic carbocycles. The Morgan fingerprint density at radius 1 is 1.11 bits per heavy atom. The molecule has 0 aliphatic heterocycles. The van der Waals surface area contributed by atoms with Crippen molar-refractivity contribution >= 4 is 11.6 Å². The molecule has 144 valence electrons. The number of hydrogen-bond acceptors (Lipinski definition) is 4. The first-order valence-corrected chi connectivity index (χ1v) is 8.46. The van der Waals surface area contributed by atoms with E-state index in [2.05, 4.69) is 5.32 Å². The number of ether oxygens (including phenoxy) is 1. The van der Waals surface area contributed by atoms with E-state index in [0.29, 0.717) is 11.4 Å². The fourth-order valence-electron chi connectivity index (χ4n) is 2.55. The third kappa shape index (κ3) is 4.73. The van der Waals surface area contributed by atoms with Gasteiger partial charge in [0.2, 0.25) is 5.91 Å². The zero-order chi connectivity index (χ0) is 20.1. The molecule has 0 unspecified atom stereocenters. The van der Waals surface area contributed by atoms with Gasteiger partial charge in [0.05, 0.1) is 0 Å². The van der Waals surface area contributed by atoms with E-state index in [1.165, 1.54) is 31.4 Å². The maximum Gasteiger partial charge on any atom is 0.331 e. The molecule has 0 radical (unpaired) electrons. The second kappa shape index (κ2) is 8.34. The Bertz CT molecular complexity index is 1120. The second-order valence-electron chi connectivity index (χ2n) is 6.12. The molecule has 1 amide bonds. The van der Waals surface area contributed by atoms with E-state index in [0.717, 1.165) is 14.7 Å². The molecule has 0 spiro atoms. The van der Waals surface area contributed by atoms with Gasteiger partial charge in [-0.1, -0.05) is 18.2 Å². The number of rotatable bonds is 6. The van der Waals surface area contributed by atoms with Crippen molar-refractivity contribution in [2.24, 2.45) is 7.05 Å². The first kappa shape index (κ1) is 19.1. The number of nitrogens with zero attached hydrogens (tertiary/aromatic N) is 2. The van der Waals surface area contributed by atoms with Crippen LogP contribution in [0.5, 0.6) is 5.75 Å². The Morgan fingerprint density at radius 2 is 1.89 bits per heavy atom. The highest BCUT2D eigenvalue weighted by Gasteiger charge is 2.08. The topological polar surface area (TPSA) is 82.3 Å². The summed E-state index contributed by atoms with van der Waals surface area (Å²) < 4.78 is 20.8. The van der Waals surface area contributed by atoms with Gasteiger partial charge in [0.1, 0.15) is 24.7 Å². The molecule has 1 heterocycles. The summed E-state index contributed by atoms with van der Waals surface area (Å²) in [6.07, 6.45) is 1.29. The van der Waals surface area contributed by atoms with Crippen LogP contribution in [-0.4, -0.2) is 15.0 Å². The maximum absolute atomic E-state index is 13.2. The van der Waals surface area contributed by atoms with Crippen molar-refractivity contribution in [3.63, 3.8) is 0 Å². The number of carbonyl (C=O) groups is 1. The molecular weight excluding hydrogens is 365 g/mol. The van der Waals surface area contributed by atoms with Crippen LogP contribution >= 0.6 is 0 Å². The molecule has 0 bridgehead atoms. The van der Waals surface area contributed by atoms with E-state index in [4.69, 9.17) is 4.74 Å². The first-order chi connectivity index (χ1) is 13.4. The van der Waals surface area contributed by atoms with Gasteiger partial charge in [0, 0.05) is 31.1 Å². The molecule has 3 aromatic rings. The number of benzene rings is 2. The van der Waals surface area contributed by atoms with Crippen molar-refractivity contribution in [1.29, 1.82) is 0 Å². The van der Waals surface area contributed by atoms with Gasteiger partial charge in [-0.05, 0) is 29.8 Å². The van der Waals surface area contributed by atoms with Gasteiger partial charge in [-0.2, -0.15) is 0 Å². The Labute approximate surface area is 159 Å². The largest absolute Gasteiger partial charge is 0.489 e. The minimum atomic E-state index is -0.570. The van der Waals surface area contributed by atoms with Crippen molar-refractivity contribution in [3.8, 4) is 5.75 Å². The van der Waals surface area contributed by atoms with Crippen LogP contribution in [0.2, 0.25) is 0 Å². The Balaban J connectivity index is 1.64. The van der Waals surface area contributed by atoms with Crippen LogP contribution in [0, 0.1) is 5.82 Å². The number of hydrogen-bond donors (Lipinski definition) is 1. The van der Waals surface area contributed by atoms with Crippen molar-refractivity contribution in [3.05, 3.63) is 93.0 Å². The summed E-state index contributed by atoms with van der Waals surface area (Å²) in [6, 6.07) is 14.0. The van der Waals surface area contributed by atoms with Crippen molar-refractivity contribution in [1.82, 2.24) is 9.13 Å². The third-order valence-electron chi connectivity index (χ3n) is 3.99. The van der Waals surface area contributed by atoms with Crippen LogP contribution in [0.1, 0.15) is 5.56 Å². The van der Waals surface area contributed by atoms with Crippen LogP contribution < -0.4 is 21.3 Å². The highest BCUT2D eigenvalue weighted by Crippen LogP contribution is 2.16. The van der Waals surface area contributed by atoms with Crippen LogP contribution in [0.15, 0.2) is 70.4 Å². The molecule has 0 saturated carbocycles. The summed E-state index contributed by atoms with van der Waals surface area (Å²) in [5.41, 5.74) is 0.303. The molecule has 2 aromatic carbocycles. The Kier molecular flexibility index (Phi) is 5.69. The fourth-order valence-corrected chi connectivity index (χ4v) is 2.55. The van der Waals surface area contributed by atoms with E-state index < -0.39 is 17.2 Å². The van der Waals surface area contributed by atoms with Gasteiger partial charge in [0.15, 0.2) is 0 Å². The van der Waals surface area contributed by atoms with Gasteiger partial charge in [0.25, 0.3) is 5.56 Å². The average Bonchev–Trinajstić information content (AvgIpc) is 2.67. The highest BCUT2D eigenvalue weighted by molar-refractivity contribution is 5.90. The Morgan fingerprint density at radius 3 is 2.68 bits per heavy atom. The number of aromatic nitrogens is 2. The van der Waals surface area contributed by atoms with Gasteiger partial charge in [-0.25, -0.2) is 9.18 Å². The SMILES string of the molecule is Cn1c(=O)ccn(CC(=O)Nc2cccc(COc3cccc(F)c3)c2)c1=O. The third-order valence-corrected chi connectivity index (χ3v) is 3.99. The lowest BCUT2D eigenvalue weighted by Crippen LogP contribution is -2.38. The highest BCUT2D eigenvalue weighted by atomic mass is 19.1. The monoisotopic (exact) mass is 383 g/mol. The summed E-state index contributed by atoms with van der Waals surface area (Å²) in [7, 11) is 1.35. The number of amides is 1. The van der Waals surface area contributed by atoms with Crippen molar-refractivity contribution in [2.45, 2.75) is 13.2 Å². The number of carbonyl (C=O) groups excluding carboxylic acids is 1. The lowest BCUT2D eigenvalue weighted by Gasteiger charge is -2.10. The van der Waals surface area contributed by atoms with Gasteiger partial charge in [-0.15, -0.1) is 0 Å². The summed E-state index contributed by atoms with van der Waals surface area (Å²) in [5, 5.41) is 2.70. The van der Waals surface area contributed by atoms with Crippen LogP contribution in [0.4, 0.5) is 10.1 Å². The van der Waals surface area contributed by atoms with E-state index in [-0.39, 0.29) is 19.0 Å². The van der Waals surface area contributed by atoms with E-state index in [9.17, 15) is 18.8 Å². The standard InChI is InChI=1S/C20H18FN3O4/c1-23-19(26)8-9-24(20(23)27)12-18(25)22-16-6-2-4-14(10-16)13-28-17-7-3-5-15(21)11-17/h2-11H,12-13H2,1H3,(H,22,25). The molecule has 0 saturated heterocycles. The zero-order valence-corrected chi connectivity index (χ0v) is 15.1. The average molecular weight is 383 g/mol. The van der Waals surface area contributed by atoms with Gasteiger partial charge < -0.3 is 10.1 Å². The molecule has 7 nitrogen and oxygen atoms in total. The maximum atomic E-state index is 13.2. The molecule has 1 N–H and O–H groups in total. The summed E-state index contributed by atoms with van der Waals surface area (Å²) in [6.45, 7) is -0.0234. The molecule has 0 aliphatic rings. The predicted octanol–water partition coefficient (Wildman–Crippen LogP) is 1.90. The summed E-state index contributed by atoms with van der Waals surface area (Å²) in [5.74, 6) is -0.389. The second-order valence-corrected chi connectivity index (χ2v) is 6.12. The van der Waals surface area contributed by atoms with Gasteiger partial charge >= 0.3 is 5.69 Å². The number of nitrogens with one attached hydrogen (secondary N) is 1. The molecule has 0 atom stereocenters. The zero-order valence-electron chi connectivity index (χ0n) is 15.1. The quantitative estimate of drug-likeness (QED) is 0.705. The fraction of sp³-hybridized carbons (Fsp3) is 0.150. The predicted molar refractivity (Wildman–Crippen MR) is 102 cm³/mol. The van der Waals surface area contributed by atoms with Crippen LogP contribution in [0.3, 0.4) is 0 Å². The normalized spacial score (nSPS) is 10.5. The molecule has 8 heteroatoms. The van der Waals surface area contributed by atoms with E-state index >= 15 is 0 Å². The summed E-state index contributed by atoms with van der Waals surface area (Å²) >= 11 is 0. The molecule has 0 fully saturated rings. The lowest BCUT2D eigenvalue weighted by molar-refractivity contribution is -0.116. The van der Waals surface area contributed by atoms with E-state index in [1.807, 2.05) is 6.07 Å². The minimum absolute atomic E-state index is 0.202.